The Balaban J connectivity index is 0.00000121. The Hall–Kier alpha value is -0.830. The molecule has 0 fully saturated rings. The molecule has 1 heterocycles. The number of hydrogen-bond donors (Lipinski definition) is 1. The first-order valence-corrected chi connectivity index (χ1v) is 3.72. The van der Waals surface area contributed by atoms with Gasteiger partial charge in [-0.05, 0) is 5.92 Å². The Morgan fingerprint density at radius 1 is 1.67 bits per heavy atom. The lowest BCUT2D eigenvalue weighted by molar-refractivity contribution is 0.0958. The zero-order valence-electron chi connectivity index (χ0n) is 7.20. The standard InChI is InChI=1S/C8H12N2O.ClH/c1-6(2)5-7(11)8-9-3-4-10-8;/h3-4,6H,5H2,1-2H3,(H,9,10);1H. The molecule has 0 aliphatic heterocycles. The Bertz CT molecular complexity index is 231. The number of nitrogens with one attached hydrogen (secondary N) is 1. The van der Waals surface area contributed by atoms with Gasteiger partial charge in [0.15, 0.2) is 11.6 Å². The summed E-state index contributed by atoms with van der Waals surface area (Å²) >= 11 is 0. The lowest BCUT2D eigenvalue weighted by Crippen LogP contribution is -2.05. The summed E-state index contributed by atoms with van der Waals surface area (Å²) in [6.07, 6.45) is 3.81. The van der Waals surface area contributed by atoms with Crippen molar-refractivity contribution in [2.45, 2.75) is 20.3 Å². The van der Waals surface area contributed by atoms with Gasteiger partial charge in [-0.1, -0.05) is 13.8 Å². The van der Waals surface area contributed by atoms with Crippen LogP contribution in [0.4, 0.5) is 0 Å². The summed E-state index contributed by atoms with van der Waals surface area (Å²) in [5.41, 5.74) is 0. The minimum Gasteiger partial charge on any atom is -0.342 e. The molecule has 0 radical (unpaired) electrons. The summed E-state index contributed by atoms with van der Waals surface area (Å²) < 4.78 is 0. The van der Waals surface area contributed by atoms with Crippen LogP contribution in [-0.2, 0) is 0 Å². The van der Waals surface area contributed by atoms with Crippen LogP contribution >= 0.6 is 12.4 Å². The number of aromatic amines is 1. The van der Waals surface area contributed by atoms with Crippen LogP contribution in [-0.4, -0.2) is 15.8 Å². The normalized spacial score (nSPS) is 9.58. The Labute approximate surface area is 78.0 Å². The number of carbonyl (C=O) groups excluding carboxylic acids is 1. The Morgan fingerprint density at radius 3 is 2.75 bits per heavy atom. The van der Waals surface area contributed by atoms with Gasteiger partial charge in [0.05, 0.1) is 0 Å². The third-order valence-electron chi connectivity index (χ3n) is 1.36. The molecule has 0 unspecified atom stereocenters. The van der Waals surface area contributed by atoms with Crippen molar-refractivity contribution in [2.75, 3.05) is 0 Å². The molecule has 12 heavy (non-hydrogen) atoms. The maximum Gasteiger partial charge on any atom is 0.198 e. The van der Waals surface area contributed by atoms with Crippen molar-refractivity contribution in [3.8, 4) is 0 Å². The van der Waals surface area contributed by atoms with E-state index in [1.165, 1.54) is 0 Å². The van der Waals surface area contributed by atoms with Crippen molar-refractivity contribution < 1.29 is 4.79 Å². The van der Waals surface area contributed by atoms with E-state index in [2.05, 4.69) is 9.97 Å². The van der Waals surface area contributed by atoms with E-state index in [1.54, 1.807) is 12.4 Å². The van der Waals surface area contributed by atoms with Gasteiger partial charge in [-0.25, -0.2) is 4.98 Å². The number of Topliss-reactive ketones (excluding diaryl/α,β-unsaturated/α-hetero) is 1. The minimum absolute atomic E-state index is 0. The molecule has 4 heteroatoms. The van der Waals surface area contributed by atoms with E-state index in [1.807, 2.05) is 13.8 Å². The number of hydrogen-bond acceptors (Lipinski definition) is 2. The molecule has 0 atom stereocenters. The van der Waals surface area contributed by atoms with Crippen LogP contribution in [0.25, 0.3) is 0 Å². The van der Waals surface area contributed by atoms with Gasteiger partial charge in [0.25, 0.3) is 0 Å². The van der Waals surface area contributed by atoms with Crippen molar-refractivity contribution in [3.05, 3.63) is 18.2 Å². The van der Waals surface area contributed by atoms with Crippen molar-refractivity contribution in [1.82, 2.24) is 9.97 Å². The van der Waals surface area contributed by atoms with Gasteiger partial charge in [-0.15, -0.1) is 12.4 Å². The SMILES string of the molecule is CC(C)CC(=O)c1ncc[nH]1.Cl. The molecule has 0 bridgehead atoms. The lowest BCUT2D eigenvalue weighted by atomic mass is 10.1. The molecule has 1 aromatic heterocycles. The number of ketones is 1. The van der Waals surface area contributed by atoms with Gasteiger partial charge in [0.2, 0.25) is 0 Å². The first-order chi connectivity index (χ1) is 5.20. The molecule has 0 saturated carbocycles. The fourth-order valence-corrected chi connectivity index (χ4v) is 0.885. The van der Waals surface area contributed by atoms with E-state index in [0.717, 1.165) is 0 Å². The van der Waals surface area contributed by atoms with Crippen LogP contribution in [0, 0.1) is 5.92 Å². The predicted octanol–water partition coefficient (Wildman–Crippen LogP) is 2.06. The molecule has 0 aliphatic rings. The maximum absolute atomic E-state index is 11.2. The van der Waals surface area contributed by atoms with Crippen molar-refractivity contribution >= 4 is 18.2 Å². The van der Waals surface area contributed by atoms with Crippen LogP contribution in [0.3, 0.4) is 0 Å². The fraction of sp³-hybridized carbons (Fsp3) is 0.500. The van der Waals surface area contributed by atoms with Crippen LogP contribution in [0.1, 0.15) is 30.9 Å². The number of rotatable bonds is 3. The summed E-state index contributed by atoms with van der Waals surface area (Å²) in [7, 11) is 0. The van der Waals surface area contributed by atoms with Crippen LogP contribution in [0.5, 0.6) is 0 Å². The lowest BCUT2D eigenvalue weighted by Gasteiger charge is -1.99. The molecule has 0 amide bonds. The number of nitrogens with zero attached hydrogens (tertiary/aromatic N) is 1. The number of aromatic nitrogens is 2. The molecule has 1 N–H and O–H groups in total. The first-order valence-electron chi connectivity index (χ1n) is 3.72. The second-order valence-electron chi connectivity index (χ2n) is 2.96. The van der Waals surface area contributed by atoms with Gasteiger partial charge in [-0.3, -0.25) is 4.79 Å². The average Bonchev–Trinajstić information content (AvgIpc) is 2.35. The Morgan fingerprint density at radius 2 is 2.33 bits per heavy atom. The highest BCUT2D eigenvalue weighted by atomic mass is 35.5. The van der Waals surface area contributed by atoms with Crippen LogP contribution in [0.2, 0.25) is 0 Å². The molecule has 1 rings (SSSR count). The molecule has 3 nitrogen and oxygen atoms in total. The molecular formula is C8H13ClN2O. The van der Waals surface area contributed by atoms with E-state index in [4.69, 9.17) is 0 Å². The molecule has 0 aliphatic carbocycles. The average molecular weight is 189 g/mol. The van der Waals surface area contributed by atoms with Gasteiger partial charge >= 0.3 is 0 Å². The van der Waals surface area contributed by atoms with Gasteiger partial charge in [-0.2, -0.15) is 0 Å². The van der Waals surface area contributed by atoms with Crippen molar-refractivity contribution in [2.24, 2.45) is 5.92 Å². The van der Waals surface area contributed by atoms with Crippen LogP contribution in [0.15, 0.2) is 12.4 Å². The fourth-order valence-electron chi connectivity index (χ4n) is 0.885. The van der Waals surface area contributed by atoms with Gasteiger partial charge in [0.1, 0.15) is 0 Å². The molecule has 0 spiro atoms. The predicted molar refractivity (Wildman–Crippen MR) is 49.6 cm³/mol. The summed E-state index contributed by atoms with van der Waals surface area (Å²) in [5, 5.41) is 0. The molecule has 68 valence electrons. The molecule has 0 aromatic carbocycles. The smallest absolute Gasteiger partial charge is 0.198 e. The summed E-state index contributed by atoms with van der Waals surface area (Å²) in [5.74, 6) is 0.955. The minimum atomic E-state index is 0. The van der Waals surface area contributed by atoms with Gasteiger partial charge < -0.3 is 4.98 Å². The summed E-state index contributed by atoms with van der Waals surface area (Å²) in [6, 6.07) is 0. The number of H-pyrrole nitrogens is 1. The maximum atomic E-state index is 11.2. The summed E-state index contributed by atoms with van der Waals surface area (Å²) in [6.45, 7) is 4.03. The summed E-state index contributed by atoms with van der Waals surface area (Å²) in [4.78, 5) is 17.9. The number of carbonyl (C=O) groups is 1. The van der Waals surface area contributed by atoms with Crippen molar-refractivity contribution in [1.29, 1.82) is 0 Å². The molecular weight excluding hydrogens is 176 g/mol. The zero-order chi connectivity index (χ0) is 8.27. The van der Waals surface area contributed by atoms with Gasteiger partial charge in [0, 0.05) is 18.8 Å². The second kappa shape index (κ2) is 4.93. The van der Waals surface area contributed by atoms with Crippen molar-refractivity contribution in [3.63, 3.8) is 0 Å². The van der Waals surface area contributed by atoms with E-state index in [0.29, 0.717) is 18.2 Å². The third kappa shape index (κ3) is 3.05. The van der Waals surface area contributed by atoms with Crippen LogP contribution < -0.4 is 0 Å². The number of imidazole rings is 1. The molecule has 1 aromatic rings. The molecule has 0 saturated heterocycles. The highest BCUT2D eigenvalue weighted by Gasteiger charge is 2.09. The monoisotopic (exact) mass is 188 g/mol. The zero-order valence-corrected chi connectivity index (χ0v) is 8.02. The van der Waals surface area contributed by atoms with E-state index in [9.17, 15) is 4.79 Å². The number of halogens is 1. The van der Waals surface area contributed by atoms with E-state index >= 15 is 0 Å². The highest BCUT2D eigenvalue weighted by Crippen LogP contribution is 2.04. The van der Waals surface area contributed by atoms with E-state index in [-0.39, 0.29) is 18.2 Å². The highest BCUT2D eigenvalue weighted by molar-refractivity contribution is 5.92. The second-order valence-corrected chi connectivity index (χ2v) is 2.96. The van der Waals surface area contributed by atoms with E-state index < -0.39 is 0 Å². The quantitative estimate of drug-likeness (QED) is 0.739. The third-order valence-corrected chi connectivity index (χ3v) is 1.36. The largest absolute Gasteiger partial charge is 0.342 e. The first kappa shape index (κ1) is 11.2. The topological polar surface area (TPSA) is 45.8 Å². The Kier molecular flexibility index (Phi) is 4.59.